The number of benzene rings is 2. The number of anilines is 1. The number of aromatic nitrogens is 2. The van der Waals surface area contributed by atoms with Gasteiger partial charge in [0.15, 0.2) is 12.4 Å². The van der Waals surface area contributed by atoms with Crippen molar-refractivity contribution < 1.29 is 18.5 Å². The Hall–Kier alpha value is -3.87. The van der Waals surface area contributed by atoms with Crippen molar-refractivity contribution in [1.29, 1.82) is 0 Å². The zero-order valence-electron chi connectivity index (χ0n) is 15.8. The number of ether oxygens (including phenoxy) is 1. The lowest BCUT2D eigenvalue weighted by Crippen LogP contribution is -2.21. The lowest BCUT2D eigenvalue weighted by molar-refractivity contribution is -0.118. The predicted octanol–water partition coefficient (Wildman–Crippen LogP) is 4.25. The van der Waals surface area contributed by atoms with Gasteiger partial charge in [-0.3, -0.25) is 4.79 Å². The number of carbonyl (C=O) groups excluding carboxylic acids is 1. The number of rotatable bonds is 7. The van der Waals surface area contributed by atoms with E-state index in [9.17, 15) is 4.79 Å². The molecule has 0 bridgehead atoms. The average Bonchev–Trinajstić information content (AvgIpc) is 3.41. The molecule has 1 amide bonds. The minimum atomic E-state index is -0.250. The maximum Gasteiger partial charge on any atom is 0.262 e. The summed E-state index contributed by atoms with van der Waals surface area (Å²) in [5, 5.41) is 6.80. The van der Waals surface area contributed by atoms with E-state index in [2.05, 4.69) is 15.5 Å². The first kappa shape index (κ1) is 18.5. The topological polar surface area (TPSA) is 90.4 Å². The number of nitrogens with zero attached hydrogens (tertiary/aromatic N) is 2. The molecule has 0 saturated carbocycles. The maximum absolute atomic E-state index is 12.3. The molecule has 2 aromatic carbocycles. The summed E-state index contributed by atoms with van der Waals surface area (Å²) in [4.78, 5) is 16.7. The van der Waals surface area contributed by atoms with Crippen LogP contribution in [0.5, 0.6) is 5.75 Å². The van der Waals surface area contributed by atoms with Crippen LogP contribution in [0.3, 0.4) is 0 Å². The van der Waals surface area contributed by atoms with Gasteiger partial charge in [-0.1, -0.05) is 41.1 Å². The van der Waals surface area contributed by atoms with Gasteiger partial charge in [0.2, 0.25) is 11.7 Å². The van der Waals surface area contributed by atoms with Crippen molar-refractivity contribution >= 4 is 11.6 Å². The van der Waals surface area contributed by atoms with E-state index in [0.29, 0.717) is 35.3 Å². The first-order chi connectivity index (χ1) is 14.2. The lowest BCUT2D eigenvalue weighted by Gasteiger charge is -2.11. The van der Waals surface area contributed by atoms with Crippen LogP contribution in [0.15, 0.2) is 75.9 Å². The smallest absolute Gasteiger partial charge is 0.262 e. The second kappa shape index (κ2) is 8.43. The average molecular weight is 389 g/mol. The molecule has 7 nitrogen and oxygen atoms in total. The number of furan rings is 1. The second-order valence-corrected chi connectivity index (χ2v) is 6.47. The zero-order valence-corrected chi connectivity index (χ0v) is 15.8. The number of hydrogen-bond donors (Lipinski definition) is 1. The Morgan fingerprint density at radius 3 is 2.69 bits per heavy atom. The van der Waals surface area contributed by atoms with Gasteiger partial charge < -0.3 is 19.0 Å². The molecule has 0 fully saturated rings. The molecule has 2 aromatic heterocycles. The number of nitrogens with one attached hydrogen (secondary N) is 1. The molecule has 29 heavy (non-hydrogen) atoms. The van der Waals surface area contributed by atoms with Gasteiger partial charge in [-0.05, 0) is 42.8 Å². The lowest BCUT2D eigenvalue weighted by atomic mass is 10.1. The molecule has 7 heteroatoms. The van der Waals surface area contributed by atoms with E-state index in [1.807, 2.05) is 55.5 Å². The van der Waals surface area contributed by atoms with Gasteiger partial charge in [-0.15, -0.1) is 0 Å². The van der Waals surface area contributed by atoms with E-state index in [0.717, 1.165) is 11.1 Å². The molecule has 0 radical (unpaired) electrons. The van der Waals surface area contributed by atoms with Crippen molar-refractivity contribution in [3.63, 3.8) is 0 Å². The number of para-hydroxylation sites is 1. The molecule has 0 unspecified atom stereocenters. The molecule has 0 spiro atoms. The quantitative estimate of drug-likeness (QED) is 0.508. The number of carbonyl (C=O) groups is 1. The monoisotopic (exact) mass is 389 g/mol. The summed E-state index contributed by atoms with van der Waals surface area (Å²) in [6.45, 7) is 1.91. The standard InChI is InChI=1S/C22H19N3O4/c1-15-8-10-17(11-9-15)28-14-20(26)23-18-6-3-2-5-16(18)13-21-24-22(25-29-21)19-7-4-12-27-19/h2-12H,13-14H2,1H3,(H,23,26). The number of hydrogen-bond acceptors (Lipinski definition) is 6. The first-order valence-corrected chi connectivity index (χ1v) is 9.11. The van der Waals surface area contributed by atoms with Crippen molar-refractivity contribution in [2.24, 2.45) is 0 Å². The highest BCUT2D eigenvalue weighted by molar-refractivity contribution is 5.92. The summed E-state index contributed by atoms with van der Waals surface area (Å²) in [7, 11) is 0. The Labute approximate surface area is 167 Å². The van der Waals surface area contributed by atoms with E-state index in [-0.39, 0.29) is 12.5 Å². The van der Waals surface area contributed by atoms with Gasteiger partial charge in [-0.25, -0.2) is 0 Å². The van der Waals surface area contributed by atoms with Crippen LogP contribution in [-0.2, 0) is 11.2 Å². The Morgan fingerprint density at radius 2 is 1.90 bits per heavy atom. The van der Waals surface area contributed by atoms with Crippen LogP contribution in [0.4, 0.5) is 5.69 Å². The van der Waals surface area contributed by atoms with Crippen molar-refractivity contribution in [2.75, 3.05) is 11.9 Å². The van der Waals surface area contributed by atoms with E-state index >= 15 is 0 Å². The van der Waals surface area contributed by atoms with E-state index in [1.54, 1.807) is 18.4 Å². The summed E-state index contributed by atoms with van der Waals surface area (Å²) in [6, 6.07) is 18.5. The Bertz CT molecular complexity index is 1090. The molecule has 0 atom stereocenters. The van der Waals surface area contributed by atoms with Crippen LogP contribution in [-0.4, -0.2) is 22.7 Å². The van der Waals surface area contributed by atoms with Crippen molar-refractivity contribution in [2.45, 2.75) is 13.3 Å². The largest absolute Gasteiger partial charge is 0.484 e. The minimum absolute atomic E-state index is 0.0827. The van der Waals surface area contributed by atoms with Crippen LogP contribution in [0.1, 0.15) is 17.0 Å². The molecule has 0 aliphatic rings. The molecule has 4 rings (SSSR count). The first-order valence-electron chi connectivity index (χ1n) is 9.11. The van der Waals surface area contributed by atoms with E-state index in [4.69, 9.17) is 13.7 Å². The third kappa shape index (κ3) is 4.70. The highest BCUT2D eigenvalue weighted by Gasteiger charge is 2.14. The summed E-state index contributed by atoms with van der Waals surface area (Å²) in [6.07, 6.45) is 1.93. The highest BCUT2D eigenvalue weighted by atomic mass is 16.5. The van der Waals surface area contributed by atoms with Crippen LogP contribution in [0.25, 0.3) is 11.6 Å². The van der Waals surface area contributed by atoms with Gasteiger partial charge in [0.05, 0.1) is 12.7 Å². The molecular formula is C22H19N3O4. The van der Waals surface area contributed by atoms with E-state index in [1.165, 1.54) is 0 Å². The van der Waals surface area contributed by atoms with Crippen molar-refractivity contribution in [3.05, 3.63) is 83.9 Å². The predicted molar refractivity (Wildman–Crippen MR) is 107 cm³/mol. The highest BCUT2D eigenvalue weighted by Crippen LogP contribution is 2.21. The fourth-order valence-electron chi connectivity index (χ4n) is 2.76. The zero-order chi connectivity index (χ0) is 20.1. The van der Waals surface area contributed by atoms with Gasteiger partial charge in [0, 0.05) is 5.69 Å². The van der Waals surface area contributed by atoms with Crippen molar-refractivity contribution in [1.82, 2.24) is 10.1 Å². The van der Waals surface area contributed by atoms with Crippen LogP contribution in [0, 0.1) is 6.92 Å². The fraction of sp³-hybridized carbons (Fsp3) is 0.136. The SMILES string of the molecule is Cc1ccc(OCC(=O)Nc2ccccc2Cc2nc(-c3ccco3)no2)cc1. The van der Waals surface area contributed by atoms with E-state index < -0.39 is 0 Å². The van der Waals surface area contributed by atoms with Crippen molar-refractivity contribution in [3.8, 4) is 17.3 Å². The van der Waals surface area contributed by atoms with Gasteiger partial charge in [-0.2, -0.15) is 4.98 Å². The van der Waals surface area contributed by atoms with Crippen LogP contribution >= 0.6 is 0 Å². The van der Waals surface area contributed by atoms with Gasteiger partial charge >= 0.3 is 0 Å². The summed E-state index contributed by atoms with van der Waals surface area (Å²) < 4.78 is 16.1. The van der Waals surface area contributed by atoms with Crippen LogP contribution in [0.2, 0.25) is 0 Å². The molecule has 0 aliphatic heterocycles. The fourth-order valence-corrected chi connectivity index (χ4v) is 2.76. The summed E-state index contributed by atoms with van der Waals surface area (Å²) >= 11 is 0. The molecule has 4 aromatic rings. The second-order valence-electron chi connectivity index (χ2n) is 6.47. The Morgan fingerprint density at radius 1 is 1.07 bits per heavy atom. The molecular weight excluding hydrogens is 370 g/mol. The Balaban J connectivity index is 1.40. The van der Waals surface area contributed by atoms with Gasteiger partial charge in [0.25, 0.3) is 5.91 Å². The molecule has 146 valence electrons. The molecule has 2 heterocycles. The molecule has 1 N–H and O–H groups in total. The third-order valence-electron chi connectivity index (χ3n) is 4.23. The summed E-state index contributed by atoms with van der Waals surface area (Å²) in [5.41, 5.74) is 2.65. The minimum Gasteiger partial charge on any atom is -0.484 e. The maximum atomic E-state index is 12.3. The summed E-state index contributed by atoms with van der Waals surface area (Å²) in [5.74, 6) is 1.75. The number of aryl methyl sites for hydroxylation is 1. The normalized spacial score (nSPS) is 10.7. The third-order valence-corrected chi connectivity index (χ3v) is 4.23. The molecule has 0 aliphatic carbocycles. The van der Waals surface area contributed by atoms with Crippen LogP contribution < -0.4 is 10.1 Å². The Kier molecular flexibility index (Phi) is 5.38. The molecule has 0 saturated heterocycles. The van der Waals surface area contributed by atoms with Gasteiger partial charge in [0.1, 0.15) is 5.75 Å². The number of amides is 1.